The maximum atomic E-state index is 11.6. The molecular weight excluding hydrogens is 288 g/mol. The van der Waals surface area contributed by atoms with Crippen LogP contribution in [-0.2, 0) is 20.9 Å². The second-order valence-corrected chi connectivity index (χ2v) is 6.18. The number of carbonyl (C=O) groups excluding carboxylic acids is 2. The van der Waals surface area contributed by atoms with E-state index in [0.717, 1.165) is 37.7 Å². The average molecular weight is 318 g/mol. The van der Waals surface area contributed by atoms with Crippen molar-refractivity contribution in [1.29, 1.82) is 0 Å². The molecule has 3 nitrogen and oxygen atoms in total. The van der Waals surface area contributed by atoms with Crippen LogP contribution in [0.25, 0.3) is 0 Å². The number of ketones is 1. The molecule has 0 aliphatic carbocycles. The van der Waals surface area contributed by atoms with Gasteiger partial charge in [-0.3, -0.25) is 4.79 Å². The number of carbonyl (C=O) groups is 2. The Kier molecular flexibility index (Phi) is 10.9. The highest BCUT2D eigenvalue weighted by atomic mass is 16.5. The van der Waals surface area contributed by atoms with Gasteiger partial charge in [0, 0.05) is 12.8 Å². The zero-order valence-corrected chi connectivity index (χ0v) is 14.4. The largest absolute Gasteiger partial charge is 0.461 e. The third kappa shape index (κ3) is 11.6. The van der Waals surface area contributed by atoms with Gasteiger partial charge in [-0.15, -0.1) is 0 Å². The molecule has 0 heterocycles. The number of rotatable bonds is 13. The number of Topliss-reactive ketones (excluding diaryl/α,β-unsaturated/α-hetero) is 1. The SMILES string of the molecule is CC(=O)CCCCCCCCCCC(=O)OCc1ccccc1. The fourth-order valence-corrected chi connectivity index (χ4v) is 2.51. The molecule has 0 aromatic heterocycles. The molecule has 0 N–H and O–H groups in total. The summed E-state index contributed by atoms with van der Waals surface area (Å²) >= 11 is 0. The Balaban J connectivity index is 1.87. The van der Waals surface area contributed by atoms with Crippen LogP contribution in [0.15, 0.2) is 30.3 Å². The molecule has 0 saturated carbocycles. The van der Waals surface area contributed by atoms with E-state index in [1.165, 1.54) is 25.7 Å². The molecule has 3 heteroatoms. The molecule has 0 spiro atoms. The first kappa shape index (κ1) is 19.4. The van der Waals surface area contributed by atoms with Crippen LogP contribution in [0.4, 0.5) is 0 Å². The van der Waals surface area contributed by atoms with Crippen molar-refractivity contribution in [2.24, 2.45) is 0 Å². The Morgan fingerprint density at radius 2 is 1.30 bits per heavy atom. The predicted molar refractivity (Wildman–Crippen MR) is 93.1 cm³/mol. The molecule has 0 aliphatic rings. The van der Waals surface area contributed by atoms with Crippen molar-refractivity contribution < 1.29 is 14.3 Å². The zero-order chi connectivity index (χ0) is 16.8. The Bertz CT molecular complexity index is 439. The molecule has 1 rings (SSSR count). The van der Waals surface area contributed by atoms with Gasteiger partial charge in [0.25, 0.3) is 0 Å². The summed E-state index contributed by atoms with van der Waals surface area (Å²) in [6.45, 7) is 2.03. The zero-order valence-electron chi connectivity index (χ0n) is 14.4. The smallest absolute Gasteiger partial charge is 0.306 e. The van der Waals surface area contributed by atoms with Crippen molar-refractivity contribution >= 4 is 11.8 Å². The maximum Gasteiger partial charge on any atom is 0.306 e. The lowest BCUT2D eigenvalue weighted by Gasteiger charge is -2.05. The Labute approximate surface area is 140 Å². The lowest BCUT2D eigenvalue weighted by molar-refractivity contribution is -0.145. The maximum absolute atomic E-state index is 11.6. The first-order valence-corrected chi connectivity index (χ1v) is 8.87. The lowest BCUT2D eigenvalue weighted by atomic mass is 10.1. The summed E-state index contributed by atoms with van der Waals surface area (Å²) in [7, 11) is 0. The van der Waals surface area contributed by atoms with Gasteiger partial charge in [-0.25, -0.2) is 0 Å². The topological polar surface area (TPSA) is 43.4 Å². The van der Waals surface area contributed by atoms with Crippen LogP contribution >= 0.6 is 0 Å². The van der Waals surface area contributed by atoms with Gasteiger partial charge in [0.2, 0.25) is 0 Å². The van der Waals surface area contributed by atoms with E-state index >= 15 is 0 Å². The molecule has 0 aliphatic heterocycles. The van der Waals surface area contributed by atoms with Crippen LogP contribution in [0.2, 0.25) is 0 Å². The minimum Gasteiger partial charge on any atom is -0.461 e. The van der Waals surface area contributed by atoms with Crippen molar-refractivity contribution in [3.8, 4) is 0 Å². The number of hydrogen-bond donors (Lipinski definition) is 0. The summed E-state index contributed by atoms with van der Waals surface area (Å²) in [5, 5.41) is 0. The van der Waals surface area contributed by atoms with Gasteiger partial charge in [-0.05, 0) is 25.3 Å². The Morgan fingerprint density at radius 3 is 1.87 bits per heavy atom. The van der Waals surface area contributed by atoms with E-state index in [4.69, 9.17) is 4.74 Å². The molecule has 1 aromatic rings. The minimum absolute atomic E-state index is 0.0990. The van der Waals surface area contributed by atoms with Crippen molar-refractivity contribution in [3.63, 3.8) is 0 Å². The molecule has 0 unspecified atom stereocenters. The van der Waals surface area contributed by atoms with Crippen molar-refractivity contribution in [1.82, 2.24) is 0 Å². The Morgan fingerprint density at radius 1 is 0.783 bits per heavy atom. The number of benzene rings is 1. The second kappa shape index (κ2) is 12.9. The molecule has 0 amide bonds. The monoisotopic (exact) mass is 318 g/mol. The quantitative estimate of drug-likeness (QED) is 0.370. The lowest BCUT2D eigenvalue weighted by Crippen LogP contribution is -2.04. The summed E-state index contributed by atoms with van der Waals surface area (Å²) in [5.74, 6) is 0.197. The van der Waals surface area contributed by atoms with Gasteiger partial charge >= 0.3 is 5.97 Å². The molecule has 0 atom stereocenters. The van der Waals surface area contributed by atoms with E-state index in [-0.39, 0.29) is 5.97 Å². The number of hydrogen-bond acceptors (Lipinski definition) is 3. The summed E-state index contributed by atoms with van der Waals surface area (Å²) in [4.78, 5) is 22.4. The molecule has 0 radical (unpaired) electrons. The Hall–Kier alpha value is -1.64. The number of esters is 1. The van der Waals surface area contributed by atoms with E-state index < -0.39 is 0 Å². The third-order valence-electron chi connectivity index (χ3n) is 3.90. The average Bonchev–Trinajstić information content (AvgIpc) is 2.55. The molecule has 0 fully saturated rings. The van der Waals surface area contributed by atoms with Crippen LogP contribution in [0.1, 0.15) is 76.7 Å². The van der Waals surface area contributed by atoms with Gasteiger partial charge in [-0.2, -0.15) is 0 Å². The summed E-state index contributed by atoms with van der Waals surface area (Å²) in [5.41, 5.74) is 1.03. The van der Waals surface area contributed by atoms with Gasteiger partial charge < -0.3 is 9.53 Å². The normalized spacial score (nSPS) is 10.5. The molecule has 23 heavy (non-hydrogen) atoms. The first-order chi connectivity index (χ1) is 11.2. The van der Waals surface area contributed by atoms with E-state index in [9.17, 15) is 9.59 Å². The highest BCUT2D eigenvalue weighted by Crippen LogP contribution is 2.11. The van der Waals surface area contributed by atoms with Crippen molar-refractivity contribution in [2.75, 3.05) is 0 Å². The summed E-state index contributed by atoms with van der Waals surface area (Å²) in [6.07, 6.45) is 10.3. The van der Waals surface area contributed by atoms with E-state index in [1.54, 1.807) is 6.92 Å². The van der Waals surface area contributed by atoms with Crippen LogP contribution < -0.4 is 0 Å². The fraction of sp³-hybridized carbons (Fsp3) is 0.600. The van der Waals surface area contributed by atoms with Gasteiger partial charge in [0.15, 0.2) is 0 Å². The second-order valence-electron chi connectivity index (χ2n) is 6.18. The predicted octanol–water partition coefficient (Wildman–Crippen LogP) is 5.22. The number of ether oxygens (including phenoxy) is 1. The van der Waals surface area contributed by atoms with Crippen LogP contribution in [0, 0.1) is 0 Å². The molecule has 1 aromatic carbocycles. The van der Waals surface area contributed by atoms with Gasteiger partial charge in [0.1, 0.15) is 12.4 Å². The third-order valence-corrected chi connectivity index (χ3v) is 3.90. The fourth-order valence-electron chi connectivity index (χ4n) is 2.51. The van der Waals surface area contributed by atoms with E-state index in [2.05, 4.69) is 0 Å². The van der Waals surface area contributed by atoms with Crippen LogP contribution in [0.5, 0.6) is 0 Å². The standard InChI is InChI=1S/C20H30O3/c1-18(21)13-9-6-4-2-3-5-7-12-16-20(22)23-17-19-14-10-8-11-15-19/h8,10-11,14-15H,2-7,9,12-13,16-17H2,1H3. The molecule has 128 valence electrons. The van der Waals surface area contributed by atoms with Gasteiger partial charge in [-0.1, -0.05) is 68.9 Å². The van der Waals surface area contributed by atoms with Crippen molar-refractivity contribution in [3.05, 3.63) is 35.9 Å². The van der Waals surface area contributed by atoms with Crippen LogP contribution in [-0.4, -0.2) is 11.8 Å². The van der Waals surface area contributed by atoms with Gasteiger partial charge in [0.05, 0.1) is 0 Å². The first-order valence-electron chi connectivity index (χ1n) is 8.87. The molecular formula is C20H30O3. The highest BCUT2D eigenvalue weighted by Gasteiger charge is 2.03. The molecule has 0 saturated heterocycles. The highest BCUT2D eigenvalue weighted by molar-refractivity contribution is 5.75. The van der Waals surface area contributed by atoms with E-state index in [1.807, 2.05) is 30.3 Å². The minimum atomic E-state index is -0.0990. The number of unbranched alkanes of at least 4 members (excludes halogenated alkanes) is 7. The van der Waals surface area contributed by atoms with E-state index in [0.29, 0.717) is 18.8 Å². The summed E-state index contributed by atoms with van der Waals surface area (Å²) in [6, 6.07) is 9.77. The summed E-state index contributed by atoms with van der Waals surface area (Å²) < 4.78 is 5.25. The van der Waals surface area contributed by atoms with Crippen molar-refractivity contribution in [2.45, 2.75) is 77.7 Å². The van der Waals surface area contributed by atoms with Crippen LogP contribution in [0.3, 0.4) is 0 Å². The molecule has 0 bridgehead atoms.